The van der Waals surface area contributed by atoms with Crippen LogP contribution in [0.5, 0.6) is 0 Å². The maximum atomic E-state index is 12.3. The first-order valence-corrected chi connectivity index (χ1v) is 7.83. The summed E-state index contributed by atoms with van der Waals surface area (Å²) in [5.41, 5.74) is 0.0667. The lowest BCUT2D eigenvalue weighted by Crippen LogP contribution is -2.47. The molecule has 1 unspecified atom stereocenters. The normalized spacial score (nSPS) is 22.5. The number of carboxylic acid groups (broad SMARTS) is 1. The van der Waals surface area contributed by atoms with Gasteiger partial charge in [0.2, 0.25) is 0 Å². The Kier molecular flexibility index (Phi) is 4.04. The van der Waals surface area contributed by atoms with E-state index in [1.54, 1.807) is 12.5 Å². The summed E-state index contributed by atoms with van der Waals surface area (Å²) in [7, 11) is 0. The van der Waals surface area contributed by atoms with Crippen molar-refractivity contribution in [3.8, 4) is 0 Å². The van der Waals surface area contributed by atoms with E-state index in [4.69, 9.17) is 0 Å². The second kappa shape index (κ2) is 5.98. The predicted octanol–water partition coefficient (Wildman–Crippen LogP) is 1.31. The Bertz CT molecular complexity index is 539. The van der Waals surface area contributed by atoms with Crippen molar-refractivity contribution < 1.29 is 14.7 Å². The van der Waals surface area contributed by atoms with Crippen molar-refractivity contribution in [2.45, 2.75) is 44.7 Å². The predicted molar refractivity (Wildman–Crippen MR) is 79.3 cm³/mol. The van der Waals surface area contributed by atoms with Crippen LogP contribution in [0.4, 0.5) is 4.79 Å². The Morgan fingerprint density at radius 1 is 1.41 bits per heavy atom. The van der Waals surface area contributed by atoms with Crippen LogP contribution in [0.2, 0.25) is 0 Å². The summed E-state index contributed by atoms with van der Waals surface area (Å²) in [6.45, 7) is 1.90. The summed E-state index contributed by atoms with van der Waals surface area (Å²) in [4.78, 5) is 29.2. The lowest BCUT2D eigenvalue weighted by molar-refractivity contribution is -0.141. The number of amides is 2. The minimum Gasteiger partial charge on any atom is -0.480 e. The van der Waals surface area contributed by atoms with E-state index in [0.717, 1.165) is 32.2 Å². The first-order chi connectivity index (χ1) is 10.6. The topological polar surface area (TPSA) is 87.5 Å². The highest BCUT2D eigenvalue weighted by Gasteiger charge is 2.51. The fraction of sp³-hybridized carbons (Fsp3) is 0.667. The van der Waals surface area contributed by atoms with Crippen LogP contribution >= 0.6 is 0 Å². The van der Waals surface area contributed by atoms with Gasteiger partial charge in [0, 0.05) is 32.0 Å². The summed E-state index contributed by atoms with van der Waals surface area (Å²) in [6, 6.07) is -0.921. The van der Waals surface area contributed by atoms with Crippen LogP contribution in [0, 0.1) is 5.41 Å². The fourth-order valence-corrected chi connectivity index (χ4v) is 3.51. The van der Waals surface area contributed by atoms with Crippen LogP contribution in [-0.2, 0) is 11.3 Å². The van der Waals surface area contributed by atoms with E-state index >= 15 is 0 Å². The van der Waals surface area contributed by atoms with E-state index < -0.39 is 12.0 Å². The van der Waals surface area contributed by atoms with Crippen LogP contribution in [-0.4, -0.2) is 50.7 Å². The highest BCUT2D eigenvalue weighted by molar-refractivity contribution is 5.83. The molecule has 1 saturated carbocycles. The highest BCUT2D eigenvalue weighted by Crippen LogP contribution is 2.50. The SMILES string of the molecule is O=C(O)C1CC2(CCC2)CN1C(=O)NCCCn1ccnc1. The lowest BCUT2D eigenvalue weighted by atomic mass is 9.67. The Labute approximate surface area is 129 Å². The number of carboxylic acids is 1. The molecule has 22 heavy (non-hydrogen) atoms. The second-order valence-corrected chi connectivity index (χ2v) is 6.43. The van der Waals surface area contributed by atoms with Crippen LogP contribution in [0.3, 0.4) is 0 Å². The molecule has 1 aromatic heterocycles. The molecule has 1 aliphatic carbocycles. The van der Waals surface area contributed by atoms with E-state index in [1.165, 1.54) is 4.90 Å². The number of carbonyl (C=O) groups excluding carboxylic acids is 1. The molecular weight excluding hydrogens is 284 g/mol. The number of likely N-dealkylation sites (tertiary alicyclic amines) is 1. The number of rotatable bonds is 5. The number of nitrogens with one attached hydrogen (secondary N) is 1. The zero-order valence-electron chi connectivity index (χ0n) is 12.6. The average Bonchev–Trinajstić information content (AvgIpc) is 3.09. The summed E-state index contributed by atoms with van der Waals surface area (Å²) >= 11 is 0. The van der Waals surface area contributed by atoms with Crippen molar-refractivity contribution in [1.29, 1.82) is 0 Å². The van der Waals surface area contributed by atoms with Gasteiger partial charge in [0.05, 0.1) is 6.33 Å². The number of carbonyl (C=O) groups is 2. The Hall–Kier alpha value is -2.05. The Balaban J connectivity index is 1.48. The molecular formula is C15H22N4O3. The molecule has 1 atom stereocenters. The van der Waals surface area contributed by atoms with Gasteiger partial charge in [0.1, 0.15) is 6.04 Å². The van der Waals surface area contributed by atoms with Crippen molar-refractivity contribution in [1.82, 2.24) is 19.8 Å². The molecule has 0 aromatic carbocycles. The largest absolute Gasteiger partial charge is 0.480 e. The van der Waals surface area contributed by atoms with E-state index in [-0.39, 0.29) is 11.4 Å². The summed E-state index contributed by atoms with van der Waals surface area (Å²) in [5, 5.41) is 12.2. The molecule has 7 heteroatoms. The van der Waals surface area contributed by atoms with Crippen LogP contribution in [0.1, 0.15) is 32.1 Å². The van der Waals surface area contributed by atoms with Gasteiger partial charge in [0.25, 0.3) is 0 Å². The van der Waals surface area contributed by atoms with Crippen LogP contribution in [0.15, 0.2) is 18.7 Å². The third kappa shape index (κ3) is 2.93. The molecule has 1 aliphatic heterocycles. The summed E-state index contributed by atoms with van der Waals surface area (Å²) in [6.07, 6.45) is 9.96. The van der Waals surface area contributed by atoms with Gasteiger partial charge < -0.3 is 19.9 Å². The van der Waals surface area contributed by atoms with Gasteiger partial charge in [-0.2, -0.15) is 0 Å². The van der Waals surface area contributed by atoms with Crippen LogP contribution in [0.25, 0.3) is 0 Å². The van der Waals surface area contributed by atoms with Crippen molar-refractivity contribution >= 4 is 12.0 Å². The number of imidazole rings is 1. The minimum absolute atomic E-state index is 0.0667. The number of nitrogens with zero attached hydrogens (tertiary/aromatic N) is 3. The summed E-state index contributed by atoms with van der Waals surface area (Å²) in [5.74, 6) is -0.891. The molecule has 3 rings (SSSR count). The molecule has 1 saturated heterocycles. The molecule has 120 valence electrons. The molecule has 1 spiro atoms. The zero-order valence-corrected chi connectivity index (χ0v) is 12.6. The van der Waals surface area contributed by atoms with Crippen LogP contribution < -0.4 is 5.32 Å². The Morgan fingerprint density at radius 2 is 2.23 bits per heavy atom. The molecule has 2 N–H and O–H groups in total. The van der Waals surface area contributed by atoms with E-state index in [9.17, 15) is 14.7 Å². The molecule has 2 aliphatic rings. The zero-order chi connectivity index (χ0) is 15.6. The maximum Gasteiger partial charge on any atom is 0.326 e. The monoisotopic (exact) mass is 306 g/mol. The Morgan fingerprint density at radius 3 is 2.82 bits per heavy atom. The quantitative estimate of drug-likeness (QED) is 0.803. The van der Waals surface area contributed by atoms with Gasteiger partial charge in [-0.1, -0.05) is 6.42 Å². The smallest absolute Gasteiger partial charge is 0.326 e. The average molecular weight is 306 g/mol. The number of hydrogen-bond acceptors (Lipinski definition) is 3. The van der Waals surface area contributed by atoms with Crippen molar-refractivity contribution in [2.24, 2.45) is 5.41 Å². The lowest BCUT2D eigenvalue weighted by Gasteiger charge is -2.37. The first kappa shape index (κ1) is 14.9. The first-order valence-electron chi connectivity index (χ1n) is 7.83. The third-order valence-corrected chi connectivity index (χ3v) is 4.90. The molecule has 0 radical (unpaired) electrons. The molecule has 2 amide bonds. The second-order valence-electron chi connectivity index (χ2n) is 6.43. The fourth-order valence-electron chi connectivity index (χ4n) is 3.51. The molecule has 2 heterocycles. The number of urea groups is 1. The van der Waals surface area contributed by atoms with Gasteiger partial charge in [0.15, 0.2) is 0 Å². The molecule has 1 aromatic rings. The van der Waals surface area contributed by atoms with Crippen molar-refractivity contribution in [3.05, 3.63) is 18.7 Å². The van der Waals surface area contributed by atoms with Crippen molar-refractivity contribution in [3.63, 3.8) is 0 Å². The third-order valence-electron chi connectivity index (χ3n) is 4.90. The van der Waals surface area contributed by atoms with E-state index in [2.05, 4.69) is 10.3 Å². The van der Waals surface area contributed by atoms with Gasteiger partial charge in [-0.15, -0.1) is 0 Å². The number of aryl methyl sites for hydroxylation is 1. The van der Waals surface area contributed by atoms with Gasteiger partial charge >= 0.3 is 12.0 Å². The standard InChI is InChI=1S/C15H22N4O3/c20-13(21)12-9-15(3-1-4-15)10-19(12)14(22)17-5-2-7-18-8-6-16-11-18/h6,8,11-12H,1-5,7,9-10H2,(H,17,22)(H,20,21). The van der Waals surface area contributed by atoms with Gasteiger partial charge in [-0.25, -0.2) is 14.6 Å². The molecule has 0 bridgehead atoms. The molecule has 7 nitrogen and oxygen atoms in total. The number of aliphatic carboxylic acids is 1. The minimum atomic E-state index is -0.891. The maximum absolute atomic E-state index is 12.3. The number of hydrogen-bond donors (Lipinski definition) is 2. The van der Waals surface area contributed by atoms with Gasteiger partial charge in [-0.05, 0) is 31.1 Å². The number of aromatic nitrogens is 2. The van der Waals surface area contributed by atoms with Gasteiger partial charge in [-0.3, -0.25) is 0 Å². The summed E-state index contributed by atoms with van der Waals surface area (Å²) < 4.78 is 1.95. The highest BCUT2D eigenvalue weighted by atomic mass is 16.4. The van der Waals surface area contributed by atoms with E-state index in [1.807, 2.05) is 10.8 Å². The van der Waals surface area contributed by atoms with Crippen molar-refractivity contribution in [2.75, 3.05) is 13.1 Å². The molecule has 2 fully saturated rings. The van der Waals surface area contributed by atoms with E-state index in [0.29, 0.717) is 19.5 Å².